The van der Waals surface area contributed by atoms with Gasteiger partial charge in [0.25, 0.3) is 5.91 Å². The monoisotopic (exact) mass is 470 g/mol. The summed E-state index contributed by atoms with van der Waals surface area (Å²) in [5.41, 5.74) is 1.73. The van der Waals surface area contributed by atoms with Gasteiger partial charge < -0.3 is 14.6 Å². The predicted octanol–water partition coefficient (Wildman–Crippen LogP) is 3.70. The van der Waals surface area contributed by atoms with Crippen LogP contribution in [0, 0.1) is 5.82 Å². The molecule has 4 rings (SSSR count). The van der Waals surface area contributed by atoms with Crippen molar-refractivity contribution < 1.29 is 13.9 Å². The SMILES string of the molecule is COc1ccc(-c2nnc(SCc3nnc(C(=O)NCc4ccc(F)cc4)s3)n2C)cc1. The molecule has 4 aromatic rings. The Kier molecular flexibility index (Phi) is 6.76. The van der Waals surface area contributed by atoms with Gasteiger partial charge in [-0.25, -0.2) is 4.39 Å². The highest BCUT2D eigenvalue weighted by atomic mass is 32.2. The predicted molar refractivity (Wildman–Crippen MR) is 120 cm³/mol. The Bertz CT molecular complexity index is 1210. The molecule has 0 aliphatic heterocycles. The number of amides is 1. The first-order valence-electron chi connectivity index (χ1n) is 9.55. The minimum atomic E-state index is -0.316. The van der Waals surface area contributed by atoms with Crippen LogP contribution in [0.25, 0.3) is 11.4 Å². The van der Waals surface area contributed by atoms with Crippen LogP contribution in [-0.2, 0) is 19.3 Å². The molecule has 1 N–H and O–H groups in total. The number of benzene rings is 2. The van der Waals surface area contributed by atoms with E-state index in [2.05, 4.69) is 25.7 Å². The first-order chi connectivity index (χ1) is 15.5. The highest BCUT2D eigenvalue weighted by Crippen LogP contribution is 2.27. The molecule has 0 saturated heterocycles. The number of ether oxygens (including phenoxy) is 1. The quantitative estimate of drug-likeness (QED) is 0.392. The van der Waals surface area contributed by atoms with E-state index in [9.17, 15) is 9.18 Å². The molecule has 0 bridgehead atoms. The molecule has 0 radical (unpaired) electrons. The lowest BCUT2D eigenvalue weighted by Crippen LogP contribution is -2.22. The molecule has 1 amide bonds. The first kappa shape index (κ1) is 21.9. The van der Waals surface area contributed by atoms with Crippen LogP contribution in [0.15, 0.2) is 53.7 Å². The summed E-state index contributed by atoms with van der Waals surface area (Å²) in [4.78, 5) is 12.3. The Balaban J connectivity index is 1.34. The summed E-state index contributed by atoms with van der Waals surface area (Å²) in [7, 11) is 3.52. The van der Waals surface area contributed by atoms with E-state index in [1.54, 1.807) is 19.2 Å². The number of hydrogen-bond donors (Lipinski definition) is 1. The lowest BCUT2D eigenvalue weighted by molar-refractivity contribution is 0.0950. The van der Waals surface area contributed by atoms with E-state index in [1.165, 1.54) is 35.2 Å². The van der Waals surface area contributed by atoms with Gasteiger partial charge in [0.05, 0.1) is 12.9 Å². The van der Waals surface area contributed by atoms with E-state index in [4.69, 9.17) is 4.74 Å². The van der Waals surface area contributed by atoms with Crippen molar-refractivity contribution in [3.05, 3.63) is 69.9 Å². The van der Waals surface area contributed by atoms with Crippen molar-refractivity contribution in [2.45, 2.75) is 17.5 Å². The summed E-state index contributed by atoms with van der Waals surface area (Å²) in [6, 6.07) is 13.6. The summed E-state index contributed by atoms with van der Waals surface area (Å²) in [6.45, 7) is 0.288. The average Bonchev–Trinajstić information content (AvgIpc) is 3.44. The molecule has 2 aromatic heterocycles. The molecule has 2 aromatic carbocycles. The number of halogens is 1. The van der Waals surface area contributed by atoms with Crippen molar-refractivity contribution in [2.24, 2.45) is 7.05 Å². The van der Waals surface area contributed by atoms with Gasteiger partial charge in [-0.15, -0.1) is 20.4 Å². The zero-order valence-corrected chi connectivity index (χ0v) is 18.9. The van der Waals surface area contributed by atoms with Crippen molar-refractivity contribution in [1.29, 1.82) is 0 Å². The average molecular weight is 471 g/mol. The highest BCUT2D eigenvalue weighted by Gasteiger charge is 2.15. The van der Waals surface area contributed by atoms with Crippen molar-refractivity contribution >= 4 is 29.0 Å². The van der Waals surface area contributed by atoms with Gasteiger partial charge in [-0.2, -0.15) is 0 Å². The van der Waals surface area contributed by atoms with Gasteiger partial charge in [-0.1, -0.05) is 35.2 Å². The van der Waals surface area contributed by atoms with Crippen LogP contribution in [0.2, 0.25) is 0 Å². The van der Waals surface area contributed by atoms with Gasteiger partial charge in [0.15, 0.2) is 11.0 Å². The standard InChI is InChI=1S/C21H19FN6O2S2/c1-28-18(14-5-9-16(30-2)10-6-14)25-27-21(28)31-12-17-24-26-20(32-17)19(29)23-11-13-3-7-15(22)8-4-13/h3-10H,11-12H2,1-2H3,(H,23,29). The van der Waals surface area contributed by atoms with Crippen LogP contribution in [0.5, 0.6) is 5.75 Å². The van der Waals surface area contributed by atoms with Crippen molar-refractivity contribution in [3.8, 4) is 17.1 Å². The molecular weight excluding hydrogens is 451 g/mol. The third-order valence-corrected chi connectivity index (χ3v) is 6.67. The van der Waals surface area contributed by atoms with Gasteiger partial charge in [-0.3, -0.25) is 4.79 Å². The fraction of sp³-hybridized carbons (Fsp3) is 0.190. The maximum atomic E-state index is 13.0. The Hall–Kier alpha value is -3.31. The number of hydrogen-bond acceptors (Lipinski definition) is 8. The fourth-order valence-electron chi connectivity index (χ4n) is 2.82. The van der Waals surface area contributed by atoms with Gasteiger partial charge in [0.2, 0.25) is 5.01 Å². The second kappa shape index (κ2) is 9.88. The lowest BCUT2D eigenvalue weighted by atomic mass is 10.2. The summed E-state index contributed by atoms with van der Waals surface area (Å²) >= 11 is 2.69. The molecule has 8 nitrogen and oxygen atoms in total. The van der Waals surface area contributed by atoms with Crippen LogP contribution in [0.4, 0.5) is 4.39 Å². The van der Waals surface area contributed by atoms with Gasteiger partial charge in [-0.05, 0) is 42.0 Å². The molecule has 0 atom stereocenters. The van der Waals surface area contributed by atoms with E-state index in [0.717, 1.165) is 27.9 Å². The third kappa shape index (κ3) is 5.11. The van der Waals surface area contributed by atoms with E-state index in [-0.39, 0.29) is 23.3 Å². The number of thioether (sulfide) groups is 1. The Morgan fingerprint density at radius 1 is 1.09 bits per heavy atom. The molecule has 2 heterocycles. The number of nitrogens with zero attached hydrogens (tertiary/aromatic N) is 5. The van der Waals surface area contributed by atoms with Gasteiger partial charge in [0, 0.05) is 19.2 Å². The third-order valence-electron chi connectivity index (χ3n) is 4.54. The molecule has 11 heteroatoms. The Morgan fingerprint density at radius 3 is 2.56 bits per heavy atom. The number of carbonyl (C=O) groups is 1. The van der Waals surface area contributed by atoms with E-state index < -0.39 is 0 Å². The first-order valence-corrected chi connectivity index (χ1v) is 11.4. The summed E-state index contributed by atoms with van der Waals surface area (Å²) in [5, 5.41) is 21.1. The van der Waals surface area contributed by atoms with Crippen molar-refractivity contribution in [3.63, 3.8) is 0 Å². The zero-order valence-electron chi connectivity index (χ0n) is 17.3. The maximum Gasteiger partial charge on any atom is 0.282 e. The van der Waals surface area contributed by atoms with E-state index >= 15 is 0 Å². The topological polar surface area (TPSA) is 94.8 Å². The summed E-state index contributed by atoms with van der Waals surface area (Å²) < 4.78 is 20.1. The zero-order chi connectivity index (χ0) is 22.5. The lowest BCUT2D eigenvalue weighted by Gasteiger charge is -2.04. The van der Waals surface area contributed by atoms with Gasteiger partial charge in [0.1, 0.15) is 16.6 Å². The molecular formula is C21H19FN6O2S2. The molecule has 0 unspecified atom stereocenters. The van der Waals surface area contributed by atoms with Crippen molar-refractivity contribution in [1.82, 2.24) is 30.3 Å². The van der Waals surface area contributed by atoms with Crippen LogP contribution in [0.3, 0.4) is 0 Å². The molecule has 32 heavy (non-hydrogen) atoms. The molecule has 0 fully saturated rings. The highest BCUT2D eigenvalue weighted by molar-refractivity contribution is 7.98. The number of rotatable bonds is 8. The van der Waals surface area contributed by atoms with Gasteiger partial charge >= 0.3 is 0 Å². The largest absolute Gasteiger partial charge is 0.497 e. The van der Waals surface area contributed by atoms with Crippen LogP contribution in [-0.4, -0.2) is 38.0 Å². The van der Waals surface area contributed by atoms with Crippen LogP contribution >= 0.6 is 23.1 Å². The van der Waals surface area contributed by atoms with Crippen LogP contribution < -0.4 is 10.1 Å². The van der Waals surface area contributed by atoms with Crippen LogP contribution in [0.1, 0.15) is 20.4 Å². The minimum absolute atomic E-state index is 0.277. The number of carbonyl (C=O) groups excluding carboxylic acids is 1. The number of nitrogens with one attached hydrogen (secondary N) is 1. The molecule has 164 valence electrons. The second-order valence-corrected chi connectivity index (χ2v) is 8.70. The maximum absolute atomic E-state index is 13.0. The summed E-state index contributed by atoms with van der Waals surface area (Å²) in [6.07, 6.45) is 0. The minimum Gasteiger partial charge on any atom is -0.497 e. The fourth-order valence-corrected chi connectivity index (χ4v) is 4.48. The summed E-state index contributed by atoms with van der Waals surface area (Å²) in [5.74, 6) is 1.40. The molecule has 0 aliphatic rings. The molecule has 0 spiro atoms. The Morgan fingerprint density at radius 2 is 1.84 bits per heavy atom. The normalized spacial score (nSPS) is 10.8. The second-order valence-electron chi connectivity index (χ2n) is 6.69. The number of aromatic nitrogens is 5. The molecule has 0 saturated carbocycles. The number of methoxy groups -OCH3 is 1. The van der Waals surface area contributed by atoms with Crippen molar-refractivity contribution in [2.75, 3.05) is 7.11 Å². The van der Waals surface area contributed by atoms with E-state index in [1.807, 2.05) is 35.9 Å². The van der Waals surface area contributed by atoms with E-state index in [0.29, 0.717) is 10.8 Å². The molecule has 0 aliphatic carbocycles. The Labute approximate surface area is 191 Å². The smallest absolute Gasteiger partial charge is 0.282 e.